The molecule has 2 saturated carbocycles. The van der Waals surface area contributed by atoms with Crippen molar-refractivity contribution in [1.29, 1.82) is 0 Å². The monoisotopic (exact) mass is 223 g/mol. The lowest BCUT2D eigenvalue weighted by atomic mass is 9.79. The maximum atomic E-state index is 2.80. The van der Waals surface area contributed by atoms with Gasteiger partial charge in [0.05, 0.1) is 0 Å². The summed E-state index contributed by atoms with van der Waals surface area (Å²) >= 11 is 0. The van der Waals surface area contributed by atoms with Gasteiger partial charge in [0.1, 0.15) is 0 Å². The highest BCUT2D eigenvalue weighted by Gasteiger charge is 2.33. The molecule has 2 aliphatic carbocycles. The van der Waals surface area contributed by atoms with Gasteiger partial charge in [-0.3, -0.25) is 4.90 Å². The lowest BCUT2D eigenvalue weighted by molar-refractivity contribution is 0.0402. The van der Waals surface area contributed by atoms with Crippen molar-refractivity contribution in [2.75, 3.05) is 6.54 Å². The van der Waals surface area contributed by atoms with Gasteiger partial charge in [-0.2, -0.15) is 0 Å². The molecule has 94 valence electrons. The van der Waals surface area contributed by atoms with Crippen molar-refractivity contribution in [3.05, 3.63) is 0 Å². The van der Waals surface area contributed by atoms with Crippen LogP contribution in [-0.4, -0.2) is 23.5 Å². The van der Waals surface area contributed by atoms with Crippen LogP contribution in [0.1, 0.15) is 65.7 Å². The Balaban J connectivity index is 1.82. The van der Waals surface area contributed by atoms with Gasteiger partial charge in [0, 0.05) is 18.6 Å². The second-order valence-electron chi connectivity index (χ2n) is 6.52. The predicted molar refractivity (Wildman–Crippen MR) is 70.6 cm³/mol. The zero-order valence-electron chi connectivity index (χ0n) is 11.4. The molecule has 2 rings (SSSR count). The lowest BCUT2D eigenvalue weighted by Gasteiger charge is -2.45. The van der Waals surface area contributed by atoms with Crippen LogP contribution in [0.4, 0.5) is 0 Å². The van der Waals surface area contributed by atoms with Gasteiger partial charge in [-0.1, -0.05) is 26.2 Å². The SMILES string of the molecule is CC1CC(N(CC2CCCCC2)C(C)C)C1. The third-order valence-electron chi connectivity index (χ3n) is 4.67. The molecular formula is C15H29N. The highest BCUT2D eigenvalue weighted by molar-refractivity contribution is 4.87. The molecule has 0 radical (unpaired) electrons. The minimum absolute atomic E-state index is 0.749. The van der Waals surface area contributed by atoms with E-state index in [0.717, 1.165) is 23.9 Å². The van der Waals surface area contributed by atoms with Crippen molar-refractivity contribution in [1.82, 2.24) is 4.90 Å². The molecule has 0 saturated heterocycles. The summed E-state index contributed by atoms with van der Waals surface area (Å²) in [6, 6.07) is 1.66. The Morgan fingerprint density at radius 3 is 2.19 bits per heavy atom. The van der Waals surface area contributed by atoms with Gasteiger partial charge in [0.25, 0.3) is 0 Å². The van der Waals surface area contributed by atoms with E-state index in [1.54, 1.807) is 0 Å². The van der Waals surface area contributed by atoms with E-state index in [2.05, 4.69) is 25.7 Å². The van der Waals surface area contributed by atoms with Gasteiger partial charge in [0.2, 0.25) is 0 Å². The first-order valence-electron chi connectivity index (χ1n) is 7.42. The maximum Gasteiger partial charge on any atom is 0.0103 e. The second-order valence-corrected chi connectivity index (χ2v) is 6.52. The van der Waals surface area contributed by atoms with Crippen molar-refractivity contribution >= 4 is 0 Å². The number of hydrogen-bond donors (Lipinski definition) is 0. The van der Waals surface area contributed by atoms with Crippen LogP contribution in [0.5, 0.6) is 0 Å². The van der Waals surface area contributed by atoms with Gasteiger partial charge in [-0.15, -0.1) is 0 Å². The molecule has 16 heavy (non-hydrogen) atoms. The summed E-state index contributed by atoms with van der Waals surface area (Å²) in [5, 5.41) is 0. The fourth-order valence-electron chi connectivity index (χ4n) is 3.58. The Kier molecular flexibility index (Phi) is 4.29. The fourth-order valence-corrected chi connectivity index (χ4v) is 3.58. The van der Waals surface area contributed by atoms with Crippen LogP contribution in [-0.2, 0) is 0 Å². The summed E-state index contributed by atoms with van der Waals surface area (Å²) in [6.07, 6.45) is 10.3. The van der Waals surface area contributed by atoms with Crippen LogP contribution in [0.25, 0.3) is 0 Å². The first kappa shape index (κ1) is 12.4. The van der Waals surface area contributed by atoms with E-state index in [1.165, 1.54) is 51.5 Å². The zero-order valence-corrected chi connectivity index (χ0v) is 11.4. The summed E-state index contributed by atoms with van der Waals surface area (Å²) < 4.78 is 0. The Hall–Kier alpha value is -0.0400. The van der Waals surface area contributed by atoms with Gasteiger partial charge in [-0.25, -0.2) is 0 Å². The lowest BCUT2D eigenvalue weighted by Crippen LogP contribution is -2.49. The number of rotatable bonds is 4. The van der Waals surface area contributed by atoms with Crippen molar-refractivity contribution < 1.29 is 0 Å². The van der Waals surface area contributed by atoms with Crippen LogP contribution < -0.4 is 0 Å². The molecular weight excluding hydrogens is 194 g/mol. The average molecular weight is 223 g/mol. The Bertz CT molecular complexity index is 199. The van der Waals surface area contributed by atoms with E-state index < -0.39 is 0 Å². The van der Waals surface area contributed by atoms with Crippen molar-refractivity contribution in [2.24, 2.45) is 11.8 Å². The van der Waals surface area contributed by atoms with Crippen molar-refractivity contribution in [3.8, 4) is 0 Å². The molecule has 0 atom stereocenters. The van der Waals surface area contributed by atoms with E-state index in [1.807, 2.05) is 0 Å². The smallest absolute Gasteiger partial charge is 0.0103 e. The molecule has 0 aromatic carbocycles. The molecule has 1 nitrogen and oxygen atoms in total. The van der Waals surface area contributed by atoms with Crippen molar-refractivity contribution in [2.45, 2.75) is 77.8 Å². The van der Waals surface area contributed by atoms with Crippen LogP contribution in [0.15, 0.2) is 0 Å². The predicted octanol–water partition coefficient (Wildman–Crippen LogP) is 4.08. The van der Waals surface area contributed by atoms with Gasteiger partial charge >= 0.3 is 0 Å². The molecule has 0 aliphatic heterocycles. The van der Waals surface area contributed by atoms with E-state index >= 15 is 0 Å². The molecule has 2 fully saturated rings. The van der Waals surface area contributed by atoms with Crippen LogP contribution in [0.2, 0.25) is 0 Å². The zero-order chi connectivity index (χ0) is 11.5. The second kappa shape index (κ2) is 5.53. The molecule has 0 unspecified atom stereocenters. The normalized spacial score (nSPS) is 32.1. The maximum absolute atomic E-state index is 2.80. The van der Waals surface area contributed by atoms with Gasteiger partial charge in [-0.05, 0) is 51.4 Å². The fraction of sp³-hybridized carbons (Fsp3) is 1.00. The molecule has 0 amide bonds. The van der Waals surface area contributed by atoms with Gasteiger partial charge in [0.15, 0.2) is 0 Å². The molecule has 0 bridgehead atoms. The highest BCUT2D eigenvalue weighted by atomic mass is 15.2. The first-order chi connectivity index (χ1) is 7.66. The van der Waals surface area contributed by atoms with E-state index in [9.17, 15) is 0 Å². The third-order valence-corrected chi connectivity index (χ3v) is 4.67. The van der Waals surface area contributed by atoms with Crippen molar-refractivity contribution in [3.63, 3.8) is 0 Å². The van der Waals surface area contributed by atoms with E-state index in [0.29, 0.717) is 0 Å². The molecule has 2 aliphatic rings. The minimum atomic E-state index is 0.749. The van der Waals surface area contributed by atoms with Crippen LogP contribution in [0.3, 0.4) is 0 Å². The molecule has 0 aromatic heterocycles. The number of hydrogen-bond acceptors (Lipinski definition) is 1. The summed E-state index contributed by atoms with van der Waals surface area (Å²) in [5.74, 6) is 1.99. The molecule has 0 spiro atoms. The van der Waals surface area contributed by atoms with E-state index in [4.69, 9.17) is 0 Å². The van der Waals surface area contributed by atoms with Gasteiger partial charge < -0.3 is 0 Å². The molecule has 1 heteroatoms. The van der Waals surface area contributed by atoms with E-state index in [-0.39, 0.29) is 0 Å². The standard InChI is InChI=1S/C15H29N/c1-12(2)16(15-9-13(3)10-15)11-14-7-5-4-6-8-14/h12-15H,4-11H2,1-3H3. The summed E-state index contributed by atoms with van der Waals surface area (Å²) in [6.45, 7) is 8.54. The Morgan fingerprint density at radius 1 is 1.06 bits per heavy atom. The van der Waals surface area contributed by atoms with Crippen LogP contribution >= 0.6 is 0 Å². The van der Waals surface area contributed by atoms with Crippen LogP contribution in [0, 0.1) is 11.8 Å². The quantitative estimate of drug-likeness (QED) is 0.694. The topological polar surface area (TPSA) is 3.24 Å². The molecule has 0 heterocycles. The Morgan fingerprint density at radius 2 is 1.69 bits per heavy atom. The largest absolute Gasteiger partial charge is 0.298 e. The summed E-state index contributed by atoms with van der Waals surface area (Å²) in [4.78, 5) is 2.80. The number of nitrogens with zero attached hydrogens (tertiary/aromatic N) is 1. The first-order valence-corrected chi connectivity index (χ1v) is 7.42. The molecule has 0 aromatic rings. The minimum Gasteiger partial charge on any atom is -0.298 e. The summed E-state index contributed by atoms with van der Waals surface area (Å²) in [5.41, 5.74) is 0. The highest BCUT2D eigenvalue weighted by Crippen LogP contribution is 2.34. The Labute approximate surface area is 102 Å². The molecule has 0 N–H and O–H groups in total. The third kappa shape index (κ3) is 3.00. The summed E-state index contributed by atoms with van der Waals surface area (Å²) in [7, 11) is 0. The average Bonchev–Trinajstić information content (AvgIpc) is 2.23.